The Morgan fingerprint density at radius 1 is 1.17 bits per heavy atom. The van der Waals surface area contributed by atoms with Crippen LogP contribution in [0.25, 0.3) is 0 Å². The lowest BCUT2D eigenvalue weighted by atomic mass is 9.94. The van der Waals surface area contributed by atoms with Gasteiger partial charge >= 0.3 is 0 Å². The smallest absolute Gasteiger partial charge is 0.191 e. The minimum absolute atomic E-state index is 0. The van der Waals surface area contributed by atoms with Crippen molar-refractivity contribution in [1.29, 1.82) is 0 Å². The molecule has 0 aliphatic carbocycles. The third-order valence-corrected chi connectivity index (χ3v) is 5.24. The molecule has 0 unspecified atom stereocenters. The van der Waals surface area contributed by atoms with Crippen LogP contribution in [0.15, 0.2) is 23.2 Å². The minimum atomic E-state index is -0.731. The molecular formula is C23H40IN3O3. The topological polar surface area (TPSA) is 75.1 Å². The standard InChI is InChI=1S/C23H39N3O3.HI/c1-4-6-7-8-13-29-21-16-19(3)9-10-20(21)17-25-22(24-5-2)26-18-23(27)11-14-28-15-12-23;/h9-10,16,27H,4-8,11-15,17-18H2,1-3H3,(H2,24,25,26);1H. The van der Waals surface area contributed by atoms with Gasteiger partial charge in [0.1, 0.15) is 5.75 Å². The first-order valence-corrected chi connectivity index (χ1v) is 11.1. The largest absolute Gasteiger partial charge is 0.493 e. The van der Waals surface area contributed by atoms with Crippen molar-refractivity contribution in [2.45, 2.75) is 71.4 Å². The number of aryl methyl sites for hydroxylation is 1. The van der Waals surface area contributed by atoms with E-state index in [0.29, 0.717) is 45.1 Å². The van der Waals surface area contributed by atoms with Crippen molar-refractivity contribution in [3.63, 3.8) is 0 Å². The molecule has 6 nitrogen and oxygen atoms in total. The van der Waals surface area contributed by atoms with Gasteiger partial charge in [-0.15, -0.1) is 24.0 Å². The van der Waals surface area contributed by atoms with E-state index in [0.717, 1.165) is 30.9 Å². The third-order valence-electron chi connectivity index (χ3n) is 5.24. The molecule has 0 spiro atoms. The summed E-state index contributed by atoms with van der Waals surface area (Å²) in [7, 11) is 0. The normalized spacial score (nSPS) is 15.9. The Bertz CT molecular complexity index is 634. The lowest BCUT2D eigenvalue weighted by Crippen LogP contribution is -2.49. The van der Waals surface area contributed by atoms with Crippen LogP contribution in [0, 0.1) is 6.92 Å². The molecule has 7 heteroatoms. The number of ether oxygens (including phenoxy) is 2. The minimum Gasteiger partial charge on any atom is -0.493 e. The molecule has 1 heterocycles. The van der Waals surface area contributed by atoms with Crippen LogP contribution in [0.2, 0.25) is 0 Å². The first-order valence-electron chi connectivity index (χ1n) is 11.1. The van der Waals surface area contributed by atoms with E-state index < -0.39 is 5.60 Å². The average Bonchev–Trinajstić information content (AvgIpc) is 2.71. The van der Waals surface area contributed by atoms with Gasteiger partial charge in [0.15, 0.2) is 5.96 Å². The number of guanidine groups is 1. The molecule has 0 radical (unpaired) electrons. The van der Waals surface area contributed by atoms with Gasteiger partial charge in [-0.25, -0.2) is 4.99 Å². The van der Waals surface area contributed by atoms with Crippen LogP contribution in [0.3, 0.4) is 0 Å². The van der Waals surface area contributed by atoms with E-state index in [1.165, 1.54) is 24.8 Å². The van der Waals surface area contributed by atoms with Gasteiger partial charge < -0.3 is 25.2 Å². The summed E-state index contributed by atoms with van der Waals surface area (Å²) in [4.78, 5) is 4.72. The molecule has 0 atom stereocenters. The summed E-state index contributed by atoms with van der Waals surface area (Å²) in [6.07, 6.45) is 6.06. The van der Waals surface area contributed by atoms with Crippen LogP contribution in [0.5, 0.6) is 5.75 Å². The third kappa shape index (κ3) is 9.83. The number of aliphatic hydroxyl groups is 1. The van der Waals surface area contributed by atoms with Crippen LogP contribution < -0.4 is 15.4 Å². The number of aliphatic imine (C=N–C) groups is 1. The van der Waals surface area contributed by atoms with Gasteiger partial charge in [-0.2, -0.15) is 0 Å². The molecule has 2 rings (SSSR count). The number of nitrogens with one attached hydrogen (secondary N) is 2. The summed E-state index contributed by atoms with van der Waals surface area (Å²) in [6.45, 7) is 10.1. The molecule has 1 saturated heterocycles. The Kier molecular flexibility index (Phi) is 13.4. The molecule has 1 aromatic carbocycles. The summed E-state index contributed by atoms with van der Waals surface area (Å²) in [6, 6.07) is 6.28. The lowest BCUT2D eigenvalue weighted by molar-refractivity contribution is -0.0594. The van der Waals surface area contributed by atoms with Gasteiger partial charge in [-0.3, -0.25) is 0 Å². The van der Waals surface area contributed by atoms with E-state index in [4.69, 9.17) is 14.5 Å². The van der Waals surface area contributed by atoms with Crippen molar-refractivity contribution in [1.82, 2.24) is 10.6 Å². The zero-order valence-corrected chi connectivity index (χ0v) is 21.2. The summed E-state index contributed by atoms with van der Waals surface area (Å²) >= 11 is 0. The molecule has 1 aliphatic rings. The Hall–Kier alpha value is -1.06. The van der Waals surface area contributed by atoms with Gasteiger partial charge in [-0.05, 0) is 31.9 Å². The van der Waals surface area contributed by atoms with E-state index >= 15 is 0 Å². The molecule has 0 saturated carbocycles. The zero-order valence-electron chi connectivity index (χ0n) is 18.8. The van der Waals surface area contributed by atoms with Crippen LogP contribution >= 0.6 is 24.0 Å². The monoisotopic (exact) mass is 533 g/mol. The van der Waals surface area contributed by atoms with E-state index in [2.05, 4.69) is 42.7 Å². The van der Waals surface area contributed by atoms with Crippen LogP contribution in [-0.2, 0) is 11.3 Å². The lowest BCUT2D eigenvalue weighted by Gasteiger charge is -2.32. The van der Waals surface area contributed by atoms with Crippen molar-refractivity contribution in [2.75, 3.05) is 32.9 Å². The number of nitrogens with zero attached hydrogens (tertiary/aromatic N) is 1. The van der Waals surface area contributed by atoms with Crippen LogP contribution in [0.4, 0.5) is 0 Å². The van der Waals surface area contributed by atoms with Gasteiger partial charge in [0.2, 0.25) is 0 Å². The molecule has 1 aromatic rings. The number of halogens is 1. The van der Waals surface area contributed by atoms with E-state index in [1.807, 2.05) is 6.92 Å². The van der Waals surface area contributed by atoms with Crippen LogP contribution in [0.1, 0.15) is 63.5 Å². The Balaban J connectivity index is 0.00000450. The van der Waals surface area contributed by atoms with Crippen molar-refractivity contribution >= 4 is 29.9 Å². The Morgan fingerprint density at radius 2 is 1.93 bits per heavy atom. The second-order valence-electron chi connectivity index (χ2n) is 7.91. The Morgan fingerprint density at radius 3 is 2.63 bits per heavy atom. The molecule has 0 bridgehead atoms. The molecule has 0 aromatic heterocycles. The maximum atomic E-state index is 10.7. The van der Waals surface area contributed by atoms with Crippen LogP contribution in [-0.4, -0.2) is 49.6 Å². The highest BCUT2D eigenvalue weighted by Gasteiger charge is 2.29. The first-order chi connectivity index (χ1) is 14.1. The predicted octanol–water partition coefficient (Wildman–Crippen LogP) is 4.17. The summed E-state index contributed by atoms with van der Waals surface area (Å²) in [5.41, 5.74) is 1.53. The SMILES string of the molecule is CCCCCCOc1cc(C)ccc1CN=C(NCC)NCC1(O)CCOCC1.I. The second-order valence-corrected chi connectivity index (χ2v) is 7.91. The van der Waals surface area contributed by atoms with Gasteiger partial charge in [0.05, 0.1) is 18.8 Å². The van der Waals surface area contributed by atoms with Crippen molar-refractivity contribution in [3.05, 3.63) is 29.3 Å². The van der Waals surface area contributed by atoms with Crippen molar-refractivity contribution in [2.24, 2.45) is 4.99 Å². The summed E-state index contributed by atoms with van der Waals surface area (Å²) < 4.78 is 11.4. The van der Waals surface area contributed by atoms with Crippen molar-refractivity contribution in [3.8, 4) is 5.75 Å². The van der Waals surface area contributed by atoms with Gasteiger partial charge in [0.25, 0.3) is 0 Å². The number of rotatable bonds is 11. The molecule has 1 aliphatic heterocycles. The molecule has 30 heavy (non-hydrogen) atoms. The maximum absolute atomic E-state index is 10.7. The fourth-order valence-corrected chi connectivity index (χ4v) is 3.32. The Labute approximate surface area is 199 Å². The number of hydrogen-bond donors (Lipinski definition) is 3. The fourth-order valence-electron chi connectivity index (χ4n) is 3.32. The summed E-state index contributed by atoms with van der Waals surface area (Å²) in [5, 5.41) is 17.2. The number of unbranched alkanes of at least 4 members (excludes halogenated alkanes) is 3. The molecule has 0 amide bonds. The van der Waals surface area contributed by atoms with Gasteiger partial charge in [-0.1, -0.05) is 38.3 Å². The molecular weight excluding hydrogens is 493 g/mol. The highest BCUT2D eigenvalue weighted by molar-refractivity contribution is 14.0. The van der Waals surface area contributed by atoms with E-state index in [9.17, 15) is 5.11 Å². The van der Waals surface area contributed by atoms with E-state index in [1.54, 1.807) is 0 Å². The molecule has 172 valence electrons. The average molecular weight is 533 g/mol. The predicted molar refractivity (Wildman–Crippen MR) is 134 cm³/mol. The zero-order chi connectivity index (χ0) is 21.0. The quantitative estimate of drug-likeness (QED) is 0.172. The molecule has 3 N–H and O–H groups in total. The summed E-state index contributed by atoms with van der Waals surface area (Å²) in [5.74, 6) is 1.63. The number of benzene rings is 1. The molecule has 1 fully saturated rings. The first kappa shape index (κ1) is 27.0. The maximum Gasteiger partial charge on any atom is 0.191 e. The number of hydrogen-bond acceptors (Lipinski definition) is 4. The van der Waals surface area contributed by atoms with Gasteiger partial charge in [0, 0.05) is 44.7 Å². The van der Waals surface area contributed by atoms with E-state index in [-0.39, 0.29) is 24.0 Å². The second kappa shape index (κ2) is 14.9. The highest BCUT2D eigenvalue weighted by atomic mass is 127. The van der Waals surface area contributed by atoms with Crippen molar-refractivity contribution < 1.29 is 14.6 Å². The highest BCUT2D eigenvalue weighted by Crippen LogP contribution is 2.22. The fraction of sp³-hybridized carbons (Fsp3) is 0.696.